The first-order chi connectivity index (χ1) is 32.8. The van der Waals surface area contributed by atoms with E-state index in [1.807, 2.05) is 54.6 Å². The van der Waals surface area contributed by atoms with E-state index in [2.05, 4.69) is 64.6 Å². The lowest BCUT2D eigenvalue weighted by molar-refractivity contribution is 0.0835. The van der Waals surface area contributed by atoms with Crippen molar-refractivity contribution in [3.63, 3.8) is 0 Å². The average molecular weight is 902 g/mol. The molecule has 0 radical (unpaired) electrons. The molecule has 0 amide bonds. The van der Waals surface area contributed by atoms with Crippen LogP contribution in [-0.2, 0) is 24.7 Å². The predicted octanol–water partition coefficient (Wildman–Crippen LogP) is 10.6. The Morgan fingerprint density at radius 2 is 1.54 bits per heavy atom. The Hall–Kier alpha value is -6.49. The summed E-state index contributed by atoms with van der Waals surface area (Å²) in [5.41, 5.74) is 8.89. The average Bonchev–Trinajstić information content (AvgIpc) is 4.03. The molecule has 2 fully saturated rings. The Labute approximate surface area is 394 Å². The van der Waals surface area contributed by atoms with E-state index in [9.17, 15) is 15.0 Å². The number of carbonyl (C=O) groups excluding carboxylic acids is 1. The normalized spacial score (nSPS) is 17.3. The summed E-state index contributed by atoms with van der Waals surface area (Å²) < 4.78 is 26.5. The van der Waals surface area contributed by atoms with Crippen LogP contribution in [-0.4, -0.2) is 73.6 Å². The van der Waals surface area contributed by atoms with Crippen LogP contribution >= 0.6 is 0 Å². The van der Waals surface area contributed by atoms with Crippen LogP contribution in [0.3, 0.4) is 0 Å². The summed E-state index contributed by atoms with van der Waals surface area (Å²) in [6, 6.07) is 38.0. The van der Waals surface area contributed by atoms with Gasteiger partial charge in [-0.1, -0.05) is 129 Å². The number of rotatable bonds is 18. The number of carbonyl (C=O) groups is 1. The fourth-order valence-corrected chi connectivity index (χ4v) is 9.92. The quantitative estimate of drug-likeness (QED) is 0.0667. The van der Waals surface area contributed by atoms with Crippen molar-refractivity contribution < 1.29 is 34.0 Å². The van der Waals surface area contributed by atoms with E-state index in [1.165, 1.54) is 42.8 Å². The van der Waals surface area contributed by atoms with Gasteiger partial charge in [0, 0.05) is 61.3 Å². The number of hydrogen-bond acceptors (Lipinski definition) is 9. The second kappa shape index (κ2) is 21.0. The Balaban J connectivity index is 1.08. The molecule has 67 heavy (non-hydrogen) atoms. The number of ketones is 1. The number of phenolic OH excluding ortho intramolecular Hbond substituents is 1. The number of aryl methyl sites for hydroxylation is 1. The maximum Gasteiger partial charge on any atom is 0.204 e. The van der Waals surface area contributed by atoms with Gasteiger partial charge in [-0.3, -0.25) is 4.79 Å². The number of H-pyrrole nitrogens is 1. The second-order valence-electron chi connectivity index (χ2n) is 18.4. The molecule has 3 heterocycles. The van der Waals surface area contributed by atoms with Crippen LogP contribution < -0.4 is 29.2 Å². The van der Waals surface area contributed by atoms with Gasteiger partial charge >= 0.3 is 0 Å². The van der Waals surface area contributed by atoms with E-state index < -0.39 is 12.2 Å². The minimum Gasteiger partial charge on any atom is -0.508 e. The van der Waals surface area contributed by atoms with Gasteiger partial charge in [-0.15, -0.1) is 0 Å². The van der Waals surface area contributed by atoms with Crippen LogP contribution in [0, 0.1) is 0 Å². The minimum atomic E-state index is -0.791. The van der Waals surface area contributed by atoms with Crippen LogP contribution in [0.2, 0.25) is 0 Å². The smallest absolute Gasteiger partial charge is 0.204 e. The maximum atomic E-state index is 14.6. The first-order valence-corrected chi connectivity index (χ1v) is 24.0. The first-order valence-electron chi connectivity index (χ1n) is 24.0. The van der Waals surface area contributed by atoms with E-state index in [4.69, 9.17) is 18.9 Å². The second-order valence-corrected chi connectivity index (χ2v) is 18.4. The third-order valence-corrected chi connectivity index (χ3v) is 13.7. The molecule has 10 heteroatoms. The number of fused-ring (bicyclic) bond motifs is 1. The van der Waals surface area contributed by atoms with Crippen molar-refractivity contribution in [2.45, 2.75) is 82.3 Å². The number of methoxy groups -OCH3 is 1. The third kappa shape index (κ3) is 10.6. The zero-order valence-corrected chi connectivity index (χ0v) is 38.8. The number of hydrogen-bond donors (Lipinski definition) is 4. The molecule has 0 bridgehead atoms. The number of ether oxygens (including phenoxy) is 4. The Morgan fingerprint density at radius 1 is 0.821 bits per heavy atom. The van der Waals surface area contributed by atoms with Crippen LogP contribution in [0.4, 0.5) is 5.82 Å². The fourth-order valence-electron chi connectivity index (χ4n) is 9.92. The van der Waals surface area contributed by atoms with Crippen molar-refractivity contribution in [1.82, 2.24) is 10.3 Å². The number of anilines is 1. The molecule has 1 saturated carbocycles. The Morgan fingerprint density at radius 3 is 2.28 bits per heavy atom. The largest absolute Gasteiger partial charge is 0.508 e. The third-order valence-electron chi connectivity index (χ3n) is 13.7. The van der Waals surface area contributed by atoms with Gasteiger partial charge in [-0.05, 0) is 71.7 Å². The van der Waals surface area contributed by atoms with E-state index in [0.29, 0.717) is 48.7 Å². The number of aliphatic hydroxyl groups excluding tert-OH is 1. The summed E-state index contributed by atoms with van der Waals surface area (Å²) in [4.78, 5) is 21.0. The summed E-state index contributed by atoms with van der Waals surface area (Å²) in [7, 11) is 1.57. The number of piperazine rings is 1. The van der Waals surface area contributed by atoms with Crippen LogP contribution in [0.25, 0.3) is 17.2 Å². The number of nitrogens with one attached hydrogen (secondary N) is 2. The molecular weight excluding hydrogens is 839 g/mol. The molecule has 348 valence electrons. The fraction of sp³-hybridized carbons (Fsp3) is 0.351. The molecule has 6 aromatic rings. The molecule has 2 aliphatic heterocycles. The van der Waals surface area contributed by atoms with Gasteiger partial charge in [-0.2, -0.15) is 0 Å². The van der Waals surface area contributed by atoms with Gasteiger partial charge < -0.3 is 44.4 Å². The number of Topliss-reactive ketones (excluding diaryl/α,β-unsaturated/α-hetero) is 1. The van der Waals surface area contributed by atoms with Crippen molar-refractivity contribution in [3.05, 3.63) is 160 Å². The Kier molecular flexibility index (Phi) is 14.3. The molecule has 0 spiro atoms. The summed E-state index contributed by atoms with van der Waals surface area (Å²) in [6.45, 7) is 6.63. The molecule has 1 aliphatic carbocycles. The van der Waals surface area contributed by atoms with E-state index >= 15 is 0 Å². The highest BCUT2D eigenvalue weighted by Gasteiger charge is 2.38. The Bertz CT molecular complexity index is 2630. The predicted molar refractivity (Wildman–Crippen MR) is 265 cm³/mol. The van der Waals surface area contributed by atoms with Gasteiger partial charge in [0.05, 0.1) is 32.8 Å². The molecule has 2 atom stereocenters. The number of aromatic hydroxyl groups is 1. The van der Waals surface area contributed by atoms with Crippen LogP contribution in [0.1, 0.15) is 95.4 Å². The van der Waals surface area contributed by atoms with Crippen molar-refractivity contribution in [3.8, 4) is 39.9 Å². The van der Waals surface area contributed by atoms with E-state index in [-0.39, 0.29) is 42.1 Å². The van der Waals surface area contributed by atoms with Crippen molar-refractivity contribution in [2.24, 2.45) is 0 Å². The molecule has 9 rings (SSSR count). The minimum absolute atomic E-state index is 0.0581. The molecule has 3 aliphatic rings. The lowest BCUT2D eigenvalue weighted by atomic mass is 9.85. The first kappa shape index (κ1) is 45.7. The lowest BCUT2D eigenvalue weighted by Gasteiger charge is -2.31. The van der Waals surface area contributed by atoms with Gasteiger partial charge in [0.2, 0.25) is 5.75 Å². The molecule has 1 aromatic heterocycles. The van der Waals surface area contributed by atoms with Crippen molar-refractivity contribution in [2.75, 3.05) is 51.4 Å². The number of benzene rings is 5. The highest BCUT2D eigenvalue weighted by atomic mass is 16.5. The summed E-state index contributed by atoms with van der Waals surface area (Å²) >= 11 is 0. The number of phenols is 1. The van der Waals surface area contributed by atoms with Gasteiger partial charge in [0.15, 0.2) is 17.3 Å². The highest BCUT2D eigenvalue weighted by molar-refractivity contribution is 6.04. The summed E-state index contributed by atoms with van der Waals surface area (Å²) in [6.07, 6.45) is 9.18. The molecule has 4 N–H and O–H groups in total. The van der Waals surface area contributed by atoms with E-state index in [1.54, 1.807) is 37.5 Å². The zero-order chi connectivity index (χ0) is 46.2. The number of aromatic amines is 1. The number of nitrogens with zero attached hydrogens (tertiary/aromatic N) is 1. The van der Waals surface area contributed by atoms with Crippen LogP contribution in [0.5, 0.6) is 28.7 Å². The zero-order valence-electron chi connectivity index (χ0n) is 38.8. The van der Waals surface area contributed by atoms with Gasteiger partial charge in [0.25, 0.3) is 0 Å². The topological polar surface area (TPSA) is 126 Å². The van der Waals surface area contributed by atoms with Crippen molar-refractivity contribution in [1.29, 1.82) is 0 Å². The van der Waals surface area contributed by atoms with Crippen LogP contribution in [0.15, 0.2) is 121 Å². The maximum absolute atomic E-state index is 14.6. The molecule has 1 saturated heterocycles. The highest BCUT2D eigenvalue weighted by Crippen LogP contribution is 2.53. The van der Waals surface area contributed by atoms with E-state index in [0.717, 1.165) is 59.6 Å². The SMILES string of the molecule is COc1c(OCCc2ccccc2)c(CCc2cccc(-c3cc(C4(C)CCCC4)[nH]c3N3CCNCC3)c2)c2c(c1OCC[C@@H](O)/C=C/c1ccccc1)C(=O)CC(c1ccc(O)cc1)O2. The number of aliphatic hydroxyl groups is 1. The summed E-state index contributed by atoms with van der Waals surface area (Å²) in [5, 5.41) is 24.6. The number of aromatic nitrogens is 1. The monoisotopic (exact) mass is 901 g/mol. The molecule has 1 unspecified atom stereocenters. The summed E-state index contributed by atoms with van der Waals surface area (Å²) in [5.74, 6) is 2.60. The molecular formula is C57H63N3O7. The molecule has 10 nitrogen and oxygen atoms in total. The van der Waals surface area contributed by atoms with Gasteiger partial charge in [-0.25, -0.2) is 0 Å². The van der Waals surface area contributed by atoms with Gasteiger partial charge in [0.1, 0.15) is 29.0 Å². The molecule has 5 aromatic carbocycles. The van der Waals surface area contributed by atoms with Crippen molar-refractivity contribution >= 4 is 17.7 Å². The standard InChI is InChI=1S/C57H63N3O7/c1-57(28-9-10-29-57)50-37-47(56(59-50)60-32-30-58-31-33-60)43-17-11-16-41(36-43)19-25-46-52-51(48(63)38-49(67-52)42-20-23-44(61)24-21-42)54(66-35-27-45(62)22-18-39-12-5-3-6-13-39)55(64-2)53(46)65-34-26-40-14-7-4-8-15-40/h3-8,11-18,20-24,36-37,45,49,58-59,61-62H,9-10,19,25-35,38H2,1-2H3/b22-18+/t45-,49?/m0/s1. The lowest BCUT2D eigenvalue weighted by Crippen LogP contribution is -2.43.